The number of nitrogens with zero attached hydrogens (tertiary/aromatic N) is 1. The predicted octanol–water partition coefficient (Wildman–Crippen LogP) is 4.20. The molecule has 0 aliphatic heterocycles. The fourth-order valence-corrected chi connectivity index (χ4v) is 2.59. The molecule has 0 unspecified atom stereocenters. The summed E-state index contributed by atoms with van der Waals surface area (Å²) in [4.78, 5) is 15.0. The number of carbonyl (C=O) groups is 1. The number of aromatic nitrogens is 1. The van der Waals surface area contributed by atoms with Crippen molar-refractivity contribution in [1.29, 1.82) is 0 Å². The molecule has 0 amide bonds. The summed E-state index contributed by atoms with van der Waals surface area (Å²) in [7, 11) is 0. The zero-order chi connectivity index (χ0) is 14.5. The average Bonchev–Trinajstić information content (AvgIpc) is 3.03. The lowest BCUT2D eigenvalue weighted by Crippen LogP contribution is -1.95. The molecule has 0 fully saturated rings. The smallest absolute Gasteiger partial charge is 0.178 e. The normalized spacial score (nSPS) is 10.3. The molecule has 0 saturated heterocycles. The molecular formula is C17H13NO2S. The van der Waals surface area contributed by atoms with Crippen LogP contribution < -0.4 is 4.74 Å². The van der Waals surface area contributed by atoms with E-state index in [2.05, 4.69) is 4.98 Å². The minimum absolute atomic E-state index is 0.487. The molecule has 2 aromatic carbocycles. The molecule has 0 spiro atoms. The van der Waals surface area contributed by atoms with Crippen LogP contribution in [0.2, 0.25) is 0 Å². The maximum atomic E-state index is 10.7. The van der Waals surface area contributed by atoms with Gasteiger partial charge in [0, 0.05) is 10.9 Å². The Hall–Kier alpha value is -2.46. The maximum absolute atomic E-state index is 10.7. The third-order valence-corrected chi connectivity index (χ3v) is 3.77. The largest absolute Gasteiger partial charge is 0.489 e. The van der Waals surface area contributed by atoms with Crippen molar-refractivity contribution in [1.82, 2.24) is 4.98 Å². The van der Waals surface area contributed by atoms with Gasteiger partial charge in [0.05, 0.1) is 5.69 Å². The van der Waals surface area contributed by atoms with Gasteiger partial charge in [-0.15, -0.1) is 11.3 Å². The first-order valence-electron chi connectivity index (χ1n) is 6.53. The van der Waals surface area contributed by atoms with Gasteiger partial charge in [-0.2, -0.15) is 0 Å². The van der Waals surface area contributed by atoms with Crippen LogP contribution in [0.5, 0.6) is 5.75 Å². The number of rotatable bonds is 5. The fraction of sp³-hybridized carbons (Fsp3) is 0.0588. The molecule has 0 aliphatic carbocycles. The van der Waals surface area contributed by atoms with Gasteiger partial charge in [-0.25, -0.2) is 4.98 Å². The van der Waals surface area contributed by atoms with Crippen molar-refractivity contribution in [2.45, 2.75) is 6.61 Å². The molecule has 0 radical (unpaired) electrons. The van der Waals surface area contributed by atoms with Gasteiger partial charge in [-0.3, -0.25) is 4.79 Å². The summed E-state index contributed by atoms with van der Waals surface area (Å²) in [6.45, 7) is 0.529. The molecule has 1 aromatic heterocycles. The van der Waals surface area contributed by atoms with Crippen molar-refractivity contribution >= 4 is 17.6 Å². The lowest BCUT2D eigenvalue weighted by atomic mass is 10.1. The highest BCUT2D eigenvalue weighted by molar-refractivity contribution is 7.11. The maximum Gasteiger partial charge on any atom is 0.178 e. The van der Waals surface area contributed by atoms with Crippen LogP contribution in [0.15, 0.2) is 60.0 Å². The minimum Gasteiger partial charge on any atom is -0.489 e. The lowest BCUT2D eigenvalue weighted by Gasteiger charge is -2.07. The van der Waals surface area contributed by atoms with E-state index in [-0.39, 0.29) is 0 Å². The molecule has 0 atom stereocenters. The topological polar surface area (TPSA) is 39.2 Å². The van der Waals surface area contributed by atoms with E-state index in [4.69, 9.17) is 4.74 Å². The Bertz CT molecular complexity index is 737. The Morgan fingerprint density at radius 2 is 1.95 bits per heavy atom. The number of hydrogen-bond donors (Lipinski definition) is 0. The summed E-state index contributed by atoms with van der Waals surface area (Å²) in [6, 6.07) is 17.8. The van der Waals surface area contributed by atoms with Crippen LogP contribution in [-0.4, -0.2) is 11.3 Å². The van der Waals surface area contributed by atoms with E-state index in [1.165, 1.54) is 11.3 Å². The van der Waals surface area contributed by atoms with E-state index >= 15 is 0 Å². The second-order valence-electron chi connectivity index (χ2n) is 4.49. The van der Waals surface area contributed by atoms with Crippen LogP contribution in [0.4, 0.5) is 0 Å². The number of ether oxygens (including phenoxy) is 1. The van der Waals surface area contributed by atoms with Crippen molar-refractivity contribution in [2.75, 3.05) is 0 Å². The van der Waals surface area contributed by atoms with E-state index < -0.39 is 0 Å². The van der Waals surface area contributed by atoms with Crippen LogP contribution >= 0.6 is 11.3 Å². The third kappa shape index (κ3) is 3.35. The van der Waals surface area contributed by atoms with Gasteiger partial charge < -0.3 is 4.74 Å². The van der Waals surface area contributed by atoms with Crippen LogP contribution in [0.25, 0.3) is 11.3 Å². The Balaban J connectivity index is 1.75. The fourth-order valence-electron chi connectivity index (χ4n) is 1.96. The van der Waals surface area contributed by atoms with Crippen LogP contribution in [0.1, 0.15) is 15.4 Å². The van der Waals surface area contributed by atoms with Gasteiger partial charge in [0.15, 0.2) is 11.3 Å². The van der Waals surface area contributed by atoms with E-state index in [0.717, 1.165) is 28.9 Å². The monoisotopic (exact) mass is 295 g/mol. The summed E-state index contributed by atoms with van der Waals surface area (Å²) >= 11 is 1.34. The van der Waals surface area contributed by atoms with Gasteiger partial charge >= 0.3 is 0 Å². The number of carbonyl (C=O) groups excluding carboxylic acids is 1. The molecular weight excluding hydrogens is 282 g/mol. The van der Waals surface area contributed by atoms with E-state index in [1.807, 2.05) is 60.0 Å². The quantitative estimate of drug-likeness (QED) is 0.662. The van der Waals surface area contributed by atoms with Crippen LogP contribution in [0.3, 0.4) is 0 Å². The second kappa shape index (κ2) is 6.33. The Morgan fingerprint density at radius 1 is 1.10 bits per heavy atom. The van der Waals surface area contributed by atoms with Crippen molar-refractivity contribution in [3.8, 4) is 17.0 Å². The molecule has 0 saturated carbocycles. The number of hydrogen-bond acceptors (Lipinski definition) is 4. The SMILES string of the molecule is O=Cc1nc(-c2cccc(OCc3ccccc3)c2)cs1. The molecule has 21 heavy (non-hydrogen) atoms. The van der Waals surface area contributed by atoms with Crippen molar-refractivity contribution < 1.29 is 9.53 Å². The number of benzene rings is 2. The molecule has 0 bridgehead atoms. The minimum atomic E-state index is 0.487. The zero-order valence-corrected chi connectivity index (χ0v) is 12.0. The second-order valence-corrected chi connectivity index (χ2v) is 5.38. The molecule has 104 valence electrons. The van der Waals surface area contributed by atoms with Crippen LogP contribution in [0, 0.1) is 0 Å². The first-order valence-corrected chi connectivity index (χ1v) is 7.41. The molecule has 4 heteroatoms. The molecule has 3 nitrogen and oxygen atoms in total. The van der Waals surface area contributed by atoms with Crippen molar-refractivity contribution in [2.24, 2.45) is 0 Å². The Kier molecular flexibility index (Phi) is 4.07. The Labute approximate surface area is 126 Å². The van der Waals surface area contributed by atoms with E-state index in [9.17, 15) is 4.79 Å². The Morgan fingerprint density at radius 3 is 2.71 bits per heavy atom. The number of thiazole rings is 1. The predicted molar refractivity (Wildman–Crippen MR) is 83.7 cm³/mol. The summed E-state index contributed by atoms with van der Waals surface area (Å²) < 4.78 is 5.79. The highest BCUT2D eigenvalue weighted by Crippen LogP contribution is 2.25. The van der Waals surface area contributed by atoms with E-state index in [1.54, 1.807) is 0 Å². The van der Waals surface area contributed by atoms with Gasteiger partial charge in [0.25, 0.3) is 0 Å². The van der Waals surface area contributed by atoms with Gasteiger partial charge in [-0.05, 0) is 17.7 Å². The summed E-state index contributed by atoms with van der Waals surface area (Å²) in [5.41, 5.74) is 2.87. The van der Waals surface area contributed by atoms with Crippen molar-refractivity contribution in [3.05, 3.63) is 70.5 Å². The highest BCUT2D eigenvalue weighted by atomic mass is 32.1. The van der Waals surface area contributed by atoms with E-state index in [0.29, 0.717) is 11.6 Å². The zero-order valence-electron chi connectivity index (χ0n) is 11.2. The van der Waals surface area contributed by atoms with Gasteiger partial charge in [-0.1, -0.05) is 42.5 Å². The molecule has 3 aromatic rings. The van der Waals surface area contributed by atoms with Gasteiger partial charge in [0.1, 0.15) is 12.4 Å². The summed E-state index contributed by atoms with van der Waals surface area (Å²) in [5.74, 6) is 0.789. The lowest BCUT2D eigenvalue weighted by molar-refractivity contribution is 0.112. The summed E-state index contributed by atoms with van der Waals surface area (Å²) in [6.07, 6.45) is 0.768. The molecule has 0 N–H and O–H groups in total. The van der Waals surface area contributed by atoms with Crippen molar-refractivity contribution in [3.63, 3.8) is 0 Å². The first kappa shape index (κ1) is 13.5. The first-order chi connectivity index (χ1) is 10.3. The highest BCUT2D eigenvalue weighted by Gasteiger charge is 2.05. The standard InChI is InChI=1S/C17H13NO2S/c19-10-17-18-16(12-21-17)14-7-4-8-15(9-14)20-11-13-5-2-1-3-6-13/h1-10,12H,11H2. The van der Waals surface area contributed by atoms with Gasteiger partial charge in [0.2, 0.25) is 0 Å². The average molecular weight is 295 g/mol. The molecule has 0 aliphatic rings. The summed E-state index contributed by atoms with van der Waals surface area (Å²) in [5, 5.41) is 2.36. The molecule has 1 heterocycles. The molecule has 3 rings (SSSR count). The number of aldehydes is 1. The third-order valence-electron chi connectivity index (χ3n) is 3.00. The van der Waals surface area contributed by atoms with Crippen LogP contribution in [-0.2, 0) is 6.61 Å².